The molecule has 1 fully saturated rings. The number of para-hydroxylation sites is 1. The molecule has 2 aromatic heterocycles. The van der Waals surface area contributed by atoms with Gasteiger partial charge in [0.2, 0.25) is 0 Å². The zero-order valence-corrected chi connectivity index (χ0v) is 25.7. The van der Waals surface area contributed by atoms with Crippen LogP contribution in [0.3, 0.4) is 0 Å². The predicted molar refractivity (Wildman–Crippen MR) is 175 cm³/mol. The van der Waals surface area contributed by atoms with Gasteiger partial charge in [0.05, 0.1) is 12.3 Å². The quantitative estimate of drug-likeness (QED) is 0.249. The minimum atomic E-state index is -0.476. The summed E-state index contributed by atoms with van der Waals surface area (Å²) < 4.78 is 2.11. The highest BCUT2D eigenvalue weighted by atomic mass is 16.3. The van der Waals surface area contributed by atoms with Gasteiger partial charge in [0.1, 0.15) is 12.2 Å². The molecule has 8 heteroatoms. The van der Waals surface area contributed by atoms with Crippen LogP contribution in [0.25, 0.3) is 28.2 Å². The number of hydrogen-bond acceptors (Lipinski definition) is 7. The average Bonchev–Trinajstić information content (AvgIpc) is 3.42. The minimum absolute atomic E-state index is 0.0732. The number of piperazine rings is 1. The molecular weight excluding hydrogens is 534 g/mol. The van der Waals surface area contributed by atoms with E-state index in [0.29, 0.717) is 6.42 Å². The van der Waals surface area contributed by atoms with Crippen molar-refractivity contribution in [2.24, 2.45) is 0 Å². The lowest BCUT2D eigenvalue weighted by Crippen LogP contribution is -2.60. The molecule has 0 spiro atoms. The fraction of sp³-hybridized carbons (Fsp3) is 0.343. The Morgan fingerprint density at radius 1 is 0.930 bits per heavy atom. The Bertz CT molecular complexity index is 1690. The van der Waals surface area contributed by atoms with Gasteiger partial charge < -0.3 is 14.9 Å². The van der Waals surface area contributed by atoms with Gasteiger partial charge in [-0.05, 0) is 57.0 Å². The molecule has 0 saturated carbocycles. The summed E-state index contributed by atoms with van der Waals surface area (Å²) >= 11 is 0. The number of aryl methyl sites for hydroxylation is 1. The van der Waals surface area contributed by atoms with Gasteiger partial charge in [0.25, 0.3) is 0 Å². The van der Waals surface area contributed by atoms with Gasteiger partial charge >= 0.3 is 0 Å². The third-order valence-corrected chi connectivity index (χ3v) is 8.78. The van der Waals surface area contributed by atoms with Crippen LogP contribution >= 0.6 is 0 Å². The zero-order valence-electron chi connectivity index (χ0n) is 25.7. The van der Waals surface area contributed by atoms with Crippen LogP contribution in [0.5, 0.6) is 0 Å². The first-order valence-corrected chi connectivity index (χ1v) is 15.2. The topological polar surface area (TPSA) is 73.6 Å². The van der Waals surface area contributed by atoms with Crippen molar-refractivity contribution < 1.29 is 5.11 Å². The number of aromatic nitrogens is 4. The highest BCUT2D eigenvalue weighted by Crippen LogP contribution is 2.33. The van der Waals surface area contributed by atoms with Crippen LogP contribution < -0.4 is 9.80 Å². The van der Waals surface area contributed by atoms with Gasteiger partial charge in [0.15, 0.2) is 17.0 Å². The summed E-state index contributed by atoms with van der Waals surface area (Å²) in [5, 5.41) is 10.7. The van der Waals surface area contributed by atoms with E-state index in [1.165, 1.54) is 16.8 Å². The zero-order chi connectivity index (χ0) is 30.1. The van der Waals surface area contributed by atoms with Gasteiger partial charge in [-0.15, -0.1) is 0 Å². The third-order valence-electron chi connectivity index (χ3n) is 8.78. The molecule has 0 bridgehead atoms. The van der Waals surface area contributed by atoms with Crippen LogP contribution in [0.2, 0.25) is 0 Å². The normalized spacial score (nSPS) is 17.3. The molecule has 1 aliphatic heterocycles. The number of imidazole rings is 1. The van der Waals surface area contributed by atoms with Crippen molar-refractivity contribution in [2.45, 2.75) is 52.4 Å². The largest absolute Gasteiger partial charge is 0.393 e. The number of rotatable bonds is 8. The van der Waals surface area contributed by atoms with Crippen molar-refractivity contribution in [3.05, 3.63) is 96.3 Å². The molecule has 5 aromatic rings. The van der Waals surface area contributed by atoms with Crippen molar-refractivity contribution in [3.8, 4) is 17.1 Å². The fourth-order valence-corrected chi connectivity index (χ4v) is 6.41. The molecule has 1 aliphatic rings. The van der Waals surface area contributed by atoms with E-state index in [1.807, 2.05) is 43.3 Å². The molecule has 3 atom stereocenters. The number of hydrogen-bond donors (Lipinski definition) is 1. The van der Waals surface area contributed by atoms with Crippen LogP contribution in [-0.2, 0) is 0 Å². The lowest BCUT2D eigenvalue weighted by atomic mass is 10.0. The molecule has 1 N–H and O–H groups in total. The lowest BCUT2D eigenvalue weighted by Gasteiger charge is -2.48. The van der Waals surface area contributed by atoms with Crippen LogP contribution in [0.15, 0.2) is 85.2 Å². The SMILES string of the molecule is Cc1cccc(N2CCN(C(CC(C)O)N(C)c3ncnc4c3nc(-c3ccccc3)n4-c3ccccc3)C(C)C2)c1C. The third kappa shape index (κ3) is 5.60. The summed E-state index contributed by atoms with van der Waals surface area (Å²) in [6.45, 7) is 11.2. The second-order valence-electron chi connectivity index (χ2n) is 11.8. The molecule has 0 amide bonds. The molecule has 6 rings (SSSR count). The molecule has 3 aromatic carbocycles. The summed E-state index contributed by atoms with van der Waals surface area (Å²) in [4.78, 5) is 21.9. The standard InChI is InChI=1S/C35H41N7O/c1-24-13-12-18-30(27(24)4)40-19-20-41(25(2)22-40)31(21-26(3)43)39(5)34-32-35(37-23-36-34)42(29-16-10-7-11-17-29)33(38-32)28-14-8-6-9-15-28/h6-18,23,25-26,31,43H,19-22H2,1-5H3. The van der Waals surface area contributed by atoms with Crippen LogP contribution in [0.1, 0.15) is 31.4 Å². The molecule has 43 heavy (non-hydrogen) atoms. The molecule has 0 aliphatic carbocycles. The van der Waals surface area contributed by atoms with Gasteiger partial charge in [-0.2, -0.15) is 0 Å². The average molecular weight is 576 g/mol. The number of benzene rings is 3. The van der Waals surface area contributed by atoms with Crippen molar-refractivity contribution >= 4 is 22.7 Å². The van der Waals surface area contributed by atoms with E-state index in [0.717, 1.165) is 53.7 Å². The van der Waals surface area contributed by atoms with Gasteiger partial charge in [-0.1, -0.05) is 60.7 Å². The Labute approximate surface area is 254 Å². The van der Waals surface area contributed by atoms with Crippen LogP contribution in [0.4, 0.5) is 11.5 Å². The van der Waals surface area contributed by atoms with Crippen molar-refractivity contribution in [1.82, 2.24) is 24.4 Å². The molecular formula is C35H41N7O. The Balaban J connectivity index is 1.38. The maximum absolute atomic E-state index is 10.7. The molecule has 1 saturated heterocycles. The monoisotopic (exact) mass is 575 g/mol. The van der Waals surface area contributed by atoms with E-state index in [-0.39, 0.29) is 12.2 Å². The van der Waals surface area contributed by atoms with Gasteiger partial charge in [0, 0.05) is 56.1 Å². The van der Waals surface area contributed by atoms with Gasteiger partial charge in [-0.25, -0.2) is 15.0 Å². The number of aliphatic hydroxyl groups excluding tert-OH is 1. The Morgan fingerprint density at radius 2 is 1.65 bits per heavy atom. The highest BCUT2D eigenvalue weighted by molar-refractivity contribution is 5.88. The van der Waals surface area contributed by atoms with Crippen LogP contribution in [-0.4, -0.2) is 74.5 Å². The Morgan fingerprint density at radius 3 is 2.35 bits per heavy atom. The molecule has 8 nitrogen and oxygen atoms in total. The number of fused-ring (bicyclic) bond motifs is 1. The minimum Gasteiger partial charge on any atom is -0.393 e. The summed E-state index contributed by atoms with van der Waals surface area (Å²) in [5.74, 6) is 1.58. The number of anilines is 2. The number of nitrogens with zero attached hydrogens (tertiary/aromatic N) is 7. The second-order valence-corrected chi connectivity index (χ2v) is 11.8. The maximum Gasteiger partial charge on any atom is 0.170 e. The second kappa shape index (κ2) is 12.1. The van der Waals surface area contributed by atoms with Crippen molar-refractivity contribution in [3.63, 3.8) is 0 Å². The van der Waals surface area contributed by atoms with Crippen molar-refractivity contribution in [2.75, 3.05) is 36.5 Å². The smallest absolute Gasteiger partial charge is 0.170 e. The highest BCUT2D eigenvalue weighted by Gasteiger charge is 2.34. The fourth-order valence-electron chi connectivity index (χ4n) is 6.41. The summed E-state index contributed by atoms with van der Waals surface area (Å²) in [7, 11) is 2.07. The Kier molecular flexibility index (Phi) is 8.15. The predicted octanol–water partition coefficient (Wildman–Crippen LogP) is 5.84. The van der Waals surface area contributed by atoms with Gasteiger partial charge in [-0.3, -0.25) is 9.47 Å². The first-order valence-electron chi connectivity index (χ1n) is 15.2. The van der Waals surface area contributed by atoms with E-state index < -0.39 is 6.10 Å². The summed E-state index contributed by atoms with van der Waals surface area (Å²) in [6.07, 6.45) is 1.67. The van der Waals surface area contributed by atoms with E-state index in [2.05, 4.69) is 89.6 Å². The maximum atomic E-state index is 10.7. The molecule has 3 unspecified atom stereocenters. The van der Waals surface area contributed by atoms with E-state index >= 15 is 0 Å². The van der Waals surface area contributed by atoms with Crippen molar-refractivity contribution in [1.29, 1.82) is 0 Å². The van der Waals surface area contributed by atoms with E-state index in [9.17, 15) is 5.11 Å². The Hall–Kier alpha value is -4.27. The summed E-state index contributed by atoms with van der Waals surface area (Å²) in [5.41, 5.74) is 7.46. The first-order chi connectivity index (χ1) is 20.8. The van der Waals surface area contributed by atoms with E-state index in [1.54, 1.807) is 6.33 Å². The lowest BCUT2D eigenvalue weighted by molar-refractivity contribution is 0.0789. The number of aliphatic hydroxyl groups is 1. The molecule has 0 radical (unpaired) electrons. The van der Waals surface area contributed by atoms with Crippen LogP contribution in [0, 0.1) is 13.8 Å². The molecule has 222 valence electrons. The molecule has 3 heterocycles. The van der Waals surface area contributed by atoms with E-state index in [4.69, 9.17) is 15.0 Å². The first kappa shape index (κ1) is 28.8. The summed E-state index contributed by atoms with van der Waals surface area (Å²) in [6, 6.07) is 27.3.